The van der Waals surface area contributed by atoms with Gasteiger partial charge in [-0.15, -0.1) is 11.1 Å². The molecule has 0 N–H and O–H groups in total. The Kier molecular flexibility index (Phi) is 5.14. The smallest absolute Gasteiger partial charge is 0.149 e. The van der Waals surface area contributed by atoms with Gasteiger partial charge in [-0.05, 0) is 68.2 Å². The van der Waals surface area contributed by atoms with E-state index in [-0.39, 0.29) is 0 Å². The number of hydrogen-bond acceptors (Lipinski definition) is 0. The molecule has 3 aromatic carbocycles. The maximum absolute atomic E-state index is 7.75. The molecule has 3 aromatic rings. The summed E-state index contributed by atoms with van der Waals surface area (Å²) >= 11 is 7.75. The van der Waals surface area contributed by atoms with Gasteiger partial charge in [0, 0.05) is 0 Å². The Morgan fingerprint density at radius 3 is 1.38 bits per heavy atom. The molecule has 0 aliphatic carbocycles. The van der Waals surface area contributed by atoms with Crippen LogP contribution in [0.4, 0.5) is 0 Å². The molecular formula is C24H27ClSi. The topological polar surface area (TPSA) is 0 Å². The summed E-state index contributed by atoms with van der Waals surface area (Å²) in [6.45, 7) is 13.0. The third-order valence-electron chi connectivity index (χ3n) is 5.15. The zero-order valence-electron chi connectivity index (χ0n) is 16.6. The van der Waals surface area contributed by atoms with Crippen LogP contribution in [0, 0.1) is 41.5 Å². The highest BCUT2D eigenvalue weighted by atomic mass is 35.6. The Bertz CT molecular complexity index is 900. The van der Waals surface area contributed by atoms with Crippen LogP contribution in [0.25, 0.3) is 0 Å². The van der Waals surface area contributed by atoms with Gasteiger partial charge in [-0.3, -0.25) is 0 Å². The molecule has 26 heavy (non-hydrogen) atoms. The molecule has 0 amide bonds. The second kappa shape index (κ2) is 7.06. The van der Waals surface area contributed by atoms with Crippen molar-refractivity contribution < 1.29 is 0 Å². The SMILES string of the molecule is Cc1cc(C)cc([Si](Cl)(c2cc(C)ccc2C)c2cc(C)ccc2C)c1. The second-order valence-corrected chi connectivity index (χ2v) is 12.3. The highest BCUT2D eigenvalue weighted by Gasteiger charge is 2.40. The predicted molar refractivity (Wildman–Crippen MR) is 118 cm³/mol. The summed E-state index contributed by atoms with van der Waals surface area (Å²) in [6.07, 6.45) is 0. The van der Waals surface area contributed by atoms with E-state index in [2.05, 4.69) is 96.1 Å². The first kappa shape index (κ1) is 18.9. The first-order valence-corrected chi connectivity index (χ1v) is 12.2. The lowest BCUT2D eigenvalue weighted by molar-refractivity contribution is 1.39. The normalized spacial score (nSPS) is 11.7. The molecule has 2 heteroatoms. The highest BCUT2D eigenvalue weighted by molar-refractivity contribution is 7.40. The van der Waals surface area contributed by atoms with Gasteiger partial charge in [-0.2, -0.15) is 0 Å². The van der Waals surface area contributed by atoms with Crippen LogP contribution in [0.15, 0.2) is 54.6 Å². The van der Waals surface area contributed by atoms with E-state index in [0.29, 0.717) is 0 Å². The summed E-state index contributed by atoms with van der Waals surface area (Å²) < 4.78 is 0. The standard InChI is InChI=1S/C24H27ClSi/c1-16-7-9-20(5)23(14-16)26(25,22-12-18(3)11-19(4)13-22)24-15-17(2)8-10-21(24)6/h7-15H,1-6H3. The minimum Gasteiger partial charge on any atom is -0.149 e. The van der Waals surface area contributed by atoms with Crippen LogP contribution in [0.3, 0.4) is 0 Å². The van der Waals surface area contributed by atoms with Gasteiger partial charge in [0.25, 0.3) is 0 Å². The van der Waals surface area contributed by atoms with Crippen LogP contribution in [0.5, 0.6) is 0 Å². The number of benzene rings is 3. The fraction of sp³-hybridized carbons (Fsp3) is 0.250. The van der Waals surface area contributed by atoms with Gasteiger partial charge in [0.1, 0.15) is 0 Å². The monoisotopic (exact) mass is 378 g/mol. The maximum atomic E-state index is 7.75. The Hall–Kier alpha value is -1.83. The number of rotatable bonds is 3. The van der Waals surface area contributed by atoms with Crippen molar-refractivity contribution in [2.75, 3.05) is 0 Å². The minimum absolute atomic E-state index is 1.26. The molecule has 0 atom stereocenters. The molecule has 0 unspecified atom stereocenters. The minimum atomic E-state index is -2.62. The second-order valence-electron chi connectivity index (χ2n) is 7.67. The fourth-order valence-corrected chi connectivity index (χ4v) is 9.26. The number of halogens is 1. The van der Waals surface area contributed by atoms with Crippen molar-refractivity contribution in [3.8, 4) is 0 Å². The van der Waals surface area contributed by atoms with E-state index in [9.17, 15) is 0 Å². The van der Waals surface area contributed by atoms with E-state index in [4.69, 9.17) is 11.1 Å². The molecule has 0 aliphatic rings. The van der Waals surface area contributed by atoms with Crippen molar-refractivity contribution in [3.63, 3.8) is 0 Å². The van der Waals surface area contributed by atoms with E-state index in [1.165, 1.54) is 48.9 Å². The average Bonchev–Trinajstić information content (AvgIpc) is 2.57. The summed E-state index contributed by atoms with van der Waals surface area (Å²) in [5, 5.41) is 3.88. The molecule has 0 aliphatic heterocycles. The Labute approximate surface area is 163 Å². The van der Waals surface area contributed by atoms with Gasteiger partial charge in [-0.25, -0.2) is 0 Å². The van der Waals surface area contributed by atoms with Crippen LogP contribution in [0.1, 0.15) is 33.4 Å². The van der Waals surface area contributed by atoms with Crippen LogP contribution in [-0.4, -0.2) is 7.38 Å². The Balaban J connectivity index is 2.42. The lowest BCUT2D eigenvalue weighted by Crippen LogP contribution is -2.64. The lowest BCUT2D eigenvalue weighted by atomic mass is 10.1. The van der Waals surface area contributed by atoms with Crippen LogP contribution >= 0.6 is 11.1 Å². The van der Waals surface area contributed by atoms with Gasteiger partial charge in [0.15, 0.2) is 0 Å². The van der Waals surface area contributed by atoms with Crippen molar-refractivity contribution in [2.45, 2.75) is 41.5 Å². The number of aryl methyl sites for hydroxylation is 6. The largest absolute Gasteiger partial charge is 0.248 e. The Morgan fingerprint density at radius 1 is 0.538 bits per heavy atom. The summed E-state index contributed by atoms with van der Waals surface area (Å²) in [7, 11) is -2.62. The molecule has 0 saturated heterocycles. The first-order chi connectivity index (χ1) is 12.2. The first-order valence-electron chi connectivity index (χ1n) is 9.15. The molecule has 134 valence electrons. The van der Waals surface area contributed by atoms with E-state index >= 15 is 0 Å². The predicted octanol–water partition coefficient (Wildman–Crippen LogP) is 4.74. The molecule has 0 radical (unpaired) electrons. The molecule has 0 saturated carbocycles. The third kappa shape index (κ3) is 3.38. The zero-order valence-corrected chi connectivity index (χ0v) is 18.3. The lowest BCUT2D eigenvalue weighted by Gasteiger charge is -2.30. The molecule has 0 bridgehead atoms. The molecule has 0 heterocycles. The van der Waals surface area contributed by atoms with Crippen LogP contribution < -0.4 is 15.6 Å². The summed E-state index contributed by atoms with van der Waals surface area (Å²) in [6, 6.07) is 20.2. The van der Waals surface area contributed by atoms with Gasteiger partial charge in [0.2, 0.25) is 7.38 Å². The molecule has 0 fully saturated rings. The quantitative estimate of drug-likeness (QED) is 0.350. The third-order valence-corrected chi connectivity index (χ3v) is 10.7. The van der Waals surface area contributed by atoms with E-state index in [1.54, 1.807) is 0 Å². The highest BCUT2D eigenvalue weighted by Crippen LogP contribution is 2.19. The van der Waals surface area contributed by atoms with E-state index < -0.39 is 7.38 Å². The fourth-order valence-electron chi connectivity index (χ4n) is 3.84. The van der Waals surface area contributed by atoms with Crippen molar-refractivity contribution in [1.29, 1.82) is 0 Å². The molecular weight excluding hydrogens is 352 g/mol. The van der Waals surface area contributed by atoms with Crippen LogP contribution in [-0.2, 0) is 0 Å². The average molecular weight is 379 g/mol. The Morgan fingerprint density at radius 2 is 0.962 bits per heavy atom. The summed E-state index contributed by atoms with van der Waals surface area (Å²) in [4.78, 5) is 0. The summed E-state index contributed by atoms with van der Waals surface area (Å²) in [5.41, 5.74) is 7.62. The molecule has 0 spiro atoms. The zero-order chi connectivity index (χ0) is 19.1. The molecule has 0 nitrogen and oxygen atoms in total. The number of hydrogen-bond donors (Lipinski definition) is 0. The van der Waals surface area contributed by atoms with Crippen molar-refractivity contribution in [3.05, 3.63) is 88.0 Å². The molecule has 0 aromatic heterocycles. The van der Waals surface area contributed by atoms with E-state index in [1.807, 2.05) is 0 Å². The van der Waals surface area contributed by atoms with Crippen molar-refractivity contribution in [1.82, 2.24) is 0 Å². The van der Waals surface area contributed by atoms with Crippen LogP contribution in [0.2, 0.25) is 0 Å². The van der Waals surface area contributed by atoms with Gasteiger partial charge >= 0.3 is 0 Å². The van der Waals surface area contributed by atoms with Gasteiger partial charge < -0.3 is 0 Å². The maximum Gasteiger partial charge on any atom is 0.248 e. The van der Waals surface area contributed by atoms with E-state index in [0.717, 1.165) is 0 Å². The summed E-state index contributed by atoms with van der Waals surface area (Å²) in [5.74, 6) is 0. The van der Waals surface area contributed by atoms with Crippen molar-refractivity contribution in [2.24, 2.45) is 0 Å². The van der Waals surface area contributed by atoms with Gasteiger partial charge in [-0.1, -0.05) is 76.9 Å². The van der Waals surface area contributed by atoms with Gasteiger partial charge in [0.05, 0.1) is 0 Å². The molecule has 3 rings (SSSR count). The van der Waals surface area contributed by atoms with Crippen molar-refractivity contribution >= 4 is 34.0 Å².